The summed E-state index contributed by atoms with van der Waals surface area (Å²) >= 11 is 0. The van der Waals surface area contributed by atoms with Crippen LogP contribution in [0.15, 0.2) is 24.3 Å². The van der Waals surface area contributed by atoms with Gasteiger partial charge < -0.3 is 20.7 Å². The Morgan fingerprint density at radius 3 is 3.00 bits per heavy atom. The summed E-state index contributed by atoms with van der Waals surface area (Å²) in [5.41, 5.74) is 7.01. The van der Waals surface area contributed by atoms with Gasteiger partial charge in [0.25, 0.3) is 5.91 Å². The van der Waals surface area contributed by atoms with Gasteiger partial charge in [-0.05, 0) is 30.5 Å². The van der Waals surface area contributed by atoms with E-state index in [0.717, 1.165) is 18.4 Å². The number of rotatable bonds is 6. The molecule has 2 amide bonds. The molecule has 23 heavy (non-hydrogen) atoms. The van der Waals surface area contributed by atoms with Gasteiger partial charge in [0.1, 0.15) is 0 Å². The molecule has 0 bridgehead atoms. The SMILES string of the molecule is COCc1cccc(C(=O)N2CCCC(C(=O)NCCN)C2)c1. The lowest BCUT2D eigenvalue weighted by Crippen LogP contribution is -2.46. The lowest BCUT2D eigenvalue weighted by molar-refractivity contribution is -0.126. The number of nitrogens with one attached hydrogen (secondary N) is 1. The Morgan fingerprint density at radius 2 is 2.26 bits per heavy atom. The van der Waals surface area contributed by atoms with E-state index in [0.29, 0.717) is 38.3 Å². The molecule has 0 aliphatic carbocycles. The molecular formula is C17H25N3O3. The predicted octanol–water partition coefficient (Wildman–Crippen LogP) is 0.760. The number of carbonyl (C=O) groups is 2. The third-order valence-corrected chi connectivity index (χ3v) is 4.01. The number of methoxy groups -OCH3 is 1. The quantitative estimate of drug-likeness (QED) is 0.811. The Morgan fingerprint density at radius 1 is 1.43 bits per heavy atom. The molecule has 0 saturated carbocycles. The zero-order valence-corrected chi connectivity index (χ0v) is 13.6. The van der Waals surface area contributed by atoms with Crippen LogP contribution < -0.4 is 11.1 Å². The first kappa shape index (κ1) is 17.4. The number of ether oxygens (including phenoxy) is 1. The molecule has 1 aromatic rings. The molecule has 1 aromatic carbocycles. The minimum atomic E-state index is -0.151. The maximum Gasteiger partial charge on any atom is 0.253 e. The number of amides is 2. The van der Waals surface area contributed by atoms with Crippen LogP contribution in [0, 0.1) is 5.92 Å². The normalized spacial score (nSPS) is 17.8. The summed E-state index contributed by atoms with van der Waals surface area (Å²) in [7, 11) is 1.63. The fourth-order valence-corrected chi connectivity index (χ4v) is 2.86. The number of hydrogen-bond donors (Lipinski definition) is 2. The second kappa shape index (κ2) is 8.64. The third-order valence-electron chi connectivity index (χ3n) is 4.01. The van der Waals surface area contributed by atoms with E-state index in [-0.39, 0.29) is 17.7 Å². The highest BCUT2D eigenvalue weighted by Crippen LogP contribution is 2.19. The zero-order chi connectivity index (χ0) is 16.7. The molecule has 1 atom stereocenters. The fourth-order valence-electron chi connectivity index (χ4n) is 2.86. The summed E-state index contributed by atoms with van der Waals surface area (Å²) in [6.45, 7) is 2.53. The highest BCUT2D eigenvalue weighted by atomic mass is 16.5. The molecule has 2 rings (SSSR count). The van der Waals surface area contributed by atoms with Gasteiger partial charge in [0.05, 0.1) is 12.5 Å². The van der Waals surface area contributed by atoms with E-state index < -0.39 is 0 Å². The van der Waals surface area contributed by atoms with Crippen molar-refractivity contribution in [2.45, 2.75) is 19.4 Å². The number of likely N-dealkylation sites (tertiary alicyclic amines) is 1. The largest absolute Gasteiger partial charge is 0.380 e. The van der Waals surface area contributed by atoms with Gasteiger partial charge in [0, 0.05) is 38.9 Å². The molecule has 6 heteroatoms. The molecule has 1 heterocycles. The summed E-state index contributed by atoms with van der Waals surface area (Å²) in [4.78, 5) is 26.5. The van der Waals surface area contributed by atoms with Crippen LogP contribution in [0.4, 0.5) is 0 Å². The maximum atomic E-state index is 12.7. The second-order valence-electron chi connectivity index (χ2n) is 5.80. The average molecular weight is 319 g/mol. The van der Waals surface area contributed by atoms with E-state index in [9.17, 15) is 9.59 Å². The van der Waals surface area contributed by atoms with Crippen molar-refractivity contribution in [1.82, 2.24) is 10.2 Å². The van der Waals surface area contributed by atoms with E-state index in [4.69, 9.17) is 10.5 Å². The van der Waals surface area contributed by atoms with Gasteiger partial charge in [-0.1, -0.05) is 12.1 Å². The lowest BCUT2D eigenvalue weighted by atomic mass is 9.96. The first-order chi connectivity index (χ1) is 11.2. The number of nitrogens with zero attached hydrogens (tertiary/aromatic N) is 1. The van der Waals surface area contributed by atoms with E-state index in [2.05, 4.69) is 5.32 Å². The summed E-state index contributed by atoms with van der Waals surface area (Å²) in [6.07, 6.45) is 1.65. The highest BCUT2D eigenvalue weighted by Gasteiger charge is 2.28. The van der Waals surface area contributed by atoms with Gasteiger partial charge in [-0.2, -0.15) is 0 Å². The Labute approximate surface area is 137 Å². The molecule has 0 aromatic heterocycles. The van der Waals surface area contributed by atoms with Crippen LogP contribution >= 0.6 is 0 Å². The van der Waals surface area contributed by atoms with Gasteiger partial charge in [0.15, 0.2) is 0 Å². The third kappa shape index (κ3) is 4.77. The standard InChI is InChI=1S/C17H25N3O3/c1-23-12-13-4-2-5-14(10-13)17(22)20-9-3-6-15(11-20)16(21)19-8-7-18/h2,4-5,10,15H,3,6-9,11-12,18H2,1H3,(H,19,21). The molecule has 1 aliphatic heterocycles. The average Bonchev–Trinajstić information content (AvgIpc) is 2.59. The molecule has 1 unspecified atom stereocenters. The number of benzene rings is 1. The van der Waals surface area contributed by atoms with Gasteiger partial charge in [0.2, 0.25) is 5.91 Å². The topological polar surface area (TPSA) is 84.7 Å². The molecule has 0 radical (unpaired) electrons. The molecule has 1 fully saturated rings. The van der Waals surface area contributed by atoms with Gasteiger partial charge in [-0.25, -0.2) is 0 Å². The smallest absolute Gasteiger partial charge is 0.253 e. The molecule has 3 N–H and O–H groups in total. The summed E-state index contributed by atoms with van der Waals surface area (Å²) < 4.78 is 5.11. The second-order valence-corrected chi connectivity index (χ2v) is 5.80. The van der Waals surface area contributed by atoms with E-state index in [1.54, 1.807) is 18.1 Å². The minimum Gasteiger partial charge on any atom is -0.380 e. The Bertz CT molecular complexity index is 548. The number of carbonyl (C=O) groups excluding carboxylic acids is 2. The van der Waals surface area contributed by atoms with Crippen molar-refractivity contribution in [1.29, 1.82) is 0 Å². The molecule has 1 saturated heterocycles. The van der Waals surface area contributed by atoms with Crippen molar-refractivity contribution in [3.8, 4) is 0 Å². The molecular weight excluding hydrogens is 294 g/mol. The summed E-state index contributed by atoms with van der Waals surface area (Å²) in [5, 5.41) is 2.81. The van der Waals surface area contributed by atoms with Crippen molar-refractivity contribution in [3.05, 3.63) is 35.4 Å². The van der Waals surface area contributed by atoms with E-state index in [1.807, 2.05) is 18.2 Å². The van der Waals surface area contributed by atoms with Gasteiger partial charge in [-0.3, -0.25) is 9.59 Å². The Hall–Kier alpha value is -1.92. The first-order valence-corrected chi connectivity index (χ1v) is 8.00. The number of nitrogens with two attached hydrogens (primary N) is 1. The zero-order valence-electron chi connectivity index (χ0n) is 13.6. The predicted molar refractivity (Wildman–Crippen MR) is 87.8 cm³/mol. The minimum absolute atomic E-state index is 0.0129. The van der Waals surface area contributed by atoms with Crippen LogP contribution in [0.25, 0.3) is 0 Å². The first-order valence-electron chi connectivity index (χ1n) is 8.00. The lowest BCUT2D eigenvalue weighted by Gasteiger charge is -2.32. The Kier molecular flexibility index (Phi) is 6.55. The van der Waals surface area contributed by atoms with E-state index >= 15 is 0 Å². The fraction of sp³-hybridized carbons (Fsp3) is 0.529. The van der Waals surface area contributed by atoms with Crippen molar-refractivity contribution in [2.75, 3.05) is 33.3 Å². The van der Waals surface area contributed by atoms with E-state index in [1.165, 1.54) is 0 Å². The molecule has 126 valence electrons. The molecule has 0 spiro atoms. The van der Waals surface area contributed by atoms with Crippen LogP contribution in [0.3, 0.4) is 0 Å². The highest BCUT2D eigenvalue weighted by molar-refractivity contribution is 5.95. The maximum absolute atomic E-state index is 12.7. The van der Waals surface area contributed by atoms with Crippen LogP contribution in [0.1, 0.15) is 28.8 Å². The summed E-state index contributed by atoms with van der Waals surface area (Å²) in [6, 6.07) is 7.44. The molecule has 6 nitrogen and oxygen atoms in total. The van der Waals surface area contributed by atoms with Crippen molar-refractivity contribution >= 4 is 11.8 Å². The molecule has 1 aliphatic rings. The summed E-state index contributed by atoms with van der Waals surface area (Å²) in [5.74, 6) is -0.193. The van der Waals surface area contributed by atoms with Gasteiger partial charge >= 0.3 is 0 Å². The van der Waals surface area contributed by atoms with Crippen LogP contribution in [0.5, 0.6) is 0 Å². The number of piperidine rings is 1. The van der Waals surface area contributed by atoms with Crippen molar-refractivity contribution < 1.29 is 14.3 Å². The van der Waals surface area contributed by atoms with Gasteiger partial charge in [-0.15, -0.1) is 0 Å². The Balaban J connectivity index is 2.01. The number of hydrogen-bond acceptors (Lipinski definition) is 4. The van der Waals surface area contributed by atoms with Crippen molar-refractivity contribution in [3.63, 3.8) is 0 Å². The monoisotopic (exact) mass is 319 g/mol. The van der Waals surface area contributed by atoms with Crippen molar-refractivity contribution in [2.24, 2.45) is 11.7 Å². The van der Waals surface area contributed by atoms with Crippen LogP contribution in [-0.2, 0) is 16.1 Å². The van der Waals surface area contributed by atoms with Crippen LogP contribution in [-0.4, -0.2) is 50.0 Å². The van der Waals surface area contributed by atoms with Crippen LogP contribution in [0.2, 0.25) is 0 Å².